The predicted octanol–water partition coefficient (Wildman–Crippen LogP) is 4.54. The fourth-order valence-corrected chi connectivity index (χ4v) is 3.26. The van der Waals surface area contributed by atoms with Crippen LogP contribution in [0.4, 0.5) is 17.1 Å². The Morgan fingerprint density at radius 2 is 1.55 bits per heavy atom. The van der Waals surface area contributed by atoms with Crippen LogP contribution in [-0.2, 0) is 9.53 Å². The molecule has 0 heterocycles. The molecule has 0 saturated heterocycles. The van der Waals surface area contributed by atoms with E-state index in [-0.39, 0.29) is 23.3 Å². The topological polar surface area (TPSA) is 180 Å². The molecule has 2 aromatic rings. The molecule has 12 nitrogen and oxygen atoms in total. The van der Waals surface area contributed by atoms with Gasteiger partial charge in [-0.15, -0.1) is 0 Å². The lowest BCUT2D eigenvalue weighted by Gasteiger charge is -2.18. The molecule has 0 bridgehead atoms. The van der Waals surface area contributed by atoms with Gasteiger partial charge in [0, 0.05) is 23.8 Å². The number of esters is 1. The van der Waals surface area contributed by atoms with Crippen molar-refractivity contribution in [2.45, 2.75) is 38.5 Å². The number of benzene rings is 2. The minimum absolute atomic E-state index is 0.0327. The summed E-state index contributed by atoms with van der Waals surface area (Å²) in [5, 5.41) is 43.3. The van der Waals surface area contributed by atoms with Gasteiger partial charge < -0.3 is 4.74 Å². The average Bonchev–Trinajstić information content (AvgIpc) is 2.79. The molecule has 2 rings (SSSR count). The molecule has 0 N–H and O–H groups in total. The highest BCUT2D eigenvalue weighted by Gasteiger charge is 2.34. The number of nitrogens with zero attached hydrogens (tertiary/aromatic N) is 4. The summed E-state index contributed by atoms with van der Waals surface area (Å²) in [6.45, 7) is 2.04. The number of nitriles is 1. The third kappa shape index (κ3) is 6.07. The molecule has 12 heteroatoms. The monoisotopic (exact) mass is 456 g/mol. The SMILES string of the molecule is CCCCCCOC(=O)C(c1ccc([N+](=O)[O-])cc1C#N)c1ccc([N+](=O)[O-])cc1[N+](=O)[O-]. The highest BCUT2D eigenvalue weighted by Crippen LogP contribution is 2.37. The Hall–Kier alpha value is -4.40. The highest BCUT2D eigenvalue weighted by molar-refractivity contribution is 5.85. The first-order valence-electron chi connectivity index (χ1n) is 9.99. The second kappa shape index (κ2) is 11.3. The van der Waals surface area contributed by atoms with E-state index < -0.39 is 43.7 Å². The second-order valence-electron chi connectivity index (χ2n) is 7.06. The summed E-state index contributed by atoms with van der Waals surface area (Å²) in [6, 6.07) is 7.72. The van der Waals surface area contributed by atoms with E-state index >= 15 is 0 Å². The van der Waals surface area contributed by atoms with E-state index in [0.29, 0.717) is 12.5 Å². The molecule has 0 fully saturated rings. The molecular weight excluding hydrogens is 436 g/mol. The summed E-state index contributed by atoms with van der Waals surface area (Å²) in [4.78, 5) is 44.4. The van der Waals surface area contributed by atoms with Gasteiger partial charge in [0.15, 0.2) is 0 Å². The van der Waals surface area contributed by atoms with E-state index in [0.717, 1.165) is 49.6 Å². The summed E-state index contributed by atoms with van der Waals surface area (Å²) in [6.07, 6.45) is 3.24. The minimum atomic E-state index is -1.49. The first kappa shape index (κ1) is 24.9. The minimum Gasteiger partial charge on any atom is -0.465 e. The third-order valence-electron chi connectivity index (χ3n) is 4.89. The van der Waals surface area contributed by atoms with Gasteiger partial charge in [0.25, 0.3) is 17.1 Å². The Morgan fingerprint density at radius 1 is 0.939 bits per heavy atom. The molecule has 33 heavy (non-hydrogen) atoms. The van der Waals surface area contributed by atoms with E-state index in [1.807, 2.05) is 6.92 Å². The lowest BCUT2D eigenvalue weighted by atomic mass is 9.87. The normalized spacial score (nSPS) is 11.3. The summed E-state index contributed by atoms with van der Waals surface area (Å²) in [7, 11) is 0. The third-order valence-corrected chi connectivity index (χ3v) is 4.89. The molecular formula is C21H20N4O8. The van der Waals surface area contributed by atoms with Gasteiger partial charge in [0.1, 0.15) is 5.92 Å². The number of hydrogen-bond donors (Lipinski definition) is 0. The van der Waals surface area contributed by atoms with E-state index in [9.17, 15) is 40.4 Å². The number of unbranched alkanes of at least 4 members (excludes halogenated alkanes) is 3. The molecule has 2 aromatic carbocycles. The molecule has 1 atom stereocenters. The van der Waals surface area contributed by atoms with Crippen molar-refractivity contribution < 1.29 is 24.3 Å². The molecule has 1 unspecified atom stereocenters. The van der Waals surface area contributed by atoms with Crippen LogP contribution < -0.4 is 0 Å². The standard InChI is InChI=1S/C21H20N4O8/c1-2-3-4-5-10-33-21(26)20(17-8-6-15(23(27)28)11-14(17)13-22)18-9-7-16(24(29)30)12-19(18)25(31)32/h6-9,11-12,20H,2-5,10H2,1H3. The summed E-state index contributed by atoms with van der Waals surface area (Å²) in [5.74, 6) is -2.40. The van der Waals surface area contributed by atoms with Crippen LogP contribution >= 0.6 is 0 Å². The molecule has 0 saturated carbocycles. The van der Waals surface area contributed by atoms with Crippen LogP contribution in [0.2, 0.25) is 0 Å². The van der Waals surface area contributed by atoms with Crippen LogP contribution in [0.3, 0.4) is 0 Å². The maximum atomic E-state index is 13.0. The van der Waals surface area contributed by atoms with Gasteiger partial charge in [0.05, 0.1) is 39.1 Å². The van der Waals surface area contributed by atoms with Crippen LogP contribution in [0, 0.1) is 41.7 Å². The van der Waals surface area contributed by atoms with Crippen molar-refractivity contribution in [3.8, 4) is 6.07 Å². The number of ether oxygens (including phenoxy) is 1. The van der Waals surface area contributed by atoms with Crippen molar-refractivity contribution in [1.82, 2.24) is 0 Å². The van der Waals surface area contributed by atoms with Crippen molar-refractivity contribution in [3.05, 3.63) is 83.4 Å². The Kier molecular flexibility index (Phi) is 8.50. The number of carbonyl (C=O) groups is 1. The molecule has 0 aliphatic carbocycles. The lowest BCUT2D eigenvalue weighted by molar-refractivity contribution is -0.394. The largest absolute Gasteiger partial charge is 0.465 e. The average molecular weight is 456 g/mol. The van der Waals surface area contributed by atoms with Gasteiger partial charge in [-0.2, -0.15) is 5.26 Å². The van der Waals surface area contributed by atoms with E-state index in [4.69, 9.17) is 4.74 Å². The molecule has 0 aliphatic heterocycles. The number of carbonyl (C=O) groups excluding carboxylic acids is 1. The van der Waals surface area contributed by atoms with Gasteiger partial charge >= 0.3 is 5.97 Å². The summed E-state index contributed by atoms with van der Waals surface area (Å²) >= 11 is 0. The first-order valence-corrected chi connectivity index (χ1v) is 9.99. The Balaban J connectivity index is 2.61. The van der Waals surface area contributed by atoms with Crippen molar-refractivity contribution in [3.63, 3.8) is 0 Å². The number of nitro benzene ring substituents is 3. The van der Waals surface area contributed by atoms with Gasteiger partial charge in [-0.05, 0) is 24.1 Å². The fourth-order valence-electron chi connectivity index (χ4n) is 3.26. The number of nitro groups is 3. The smallest absolute Gasteiger partial charge is 0.318 e. The lowest BCUT2D eigenvalue weighted by Crippen LogP contribution is -2.20. The second-order valence-corrected chi connectivity index (χ2v) is 7.06. The Morgan fingerprint density at radius 3 is 2.09 bits per heavy atom. The Bertz CT molecular complexity index is 1130. The van der Waals surface area contributed by atoms with Gasteiger partial charge in [-0.3, -0.25) is 35.1 Å². The number of rotatable bonds is 11. The van der Waals surface area contributed by atoms with Gasteiger partial charge in [0.2, 0.25) is 0 Å². The van der Waals surface area contributed by atoms with Crippen molar-refractivity contribution >= 4 is 23.0 Å². The van der Waals surface area contributed by atoms with Gasteiger partial charge in [-0.1, -0.05) is 26.2 Å². The van der Waals surface area contributed by atoms with E-state index in [1.54, 1.807) is 6.07 Å². The molecule has 172 valence electrons. The molecule has 0 amide bonds. The molecule has 0 aromatic heterocycles. The molecule has 0 radical (unpaired) electrons. The van der Waals surface area contributed by atoms with Crippen molar-refractivity contribution in [2.24, 2.45) is 0 Å². The fraction of sp³-hybridized carbons (Fsp3) is 0.333. The van der Waals surface area contributed by atoms with Crippen LogP contribution in [0.15, 0.2) is 36.4 Å². The zero-order valence-corrected chi connectivity index (χ0v) is 17.6. The summed E-state index contributed by atoms with van der Waals surface area (Å²) in [5.41, 5.74) is -2.18. The van der Waals surface area contributed by atoms with E-state index in [2.05, 4.69) is 0 Å². The van der Waals surface area contributed by atoms with Crippen LogP contribution in [-0.4, -0.2) is 27.3 Å². The van der Waals surface area contributed by atoms with E-state index in [1.165, 1.54) is 0 Å². The van der Waals surface area contributed by atoms with Crippen molar-refractivity contribution in [1.29, 1.82) is 5.26 Å². The first-order chi connectivity index (χ1) is 15.7. The Labute approximate surface area is 187 Å². The van der Waals surface area contributed by atoms with Crippen molar-refractivity contribution in [2.75, 3.05) is 6.61 Å². The van der Waals surface area contributed by atoms with Crippen LogP contribution in [0.5, 0.6) is 0 Å². The maximum absolute atomic E-state index is 13.0. The number of hydrogen-bond acceptors (Lipinski definition) is 9. The zero-order valence-electron chi connectivity index (χ0n) is 17.6. The maximum Gasteiger partial charge on any atom is 0.318 e. The van der Waals surface area contributed by atoms with Crippen LogP contribution in [0.25, 0.3) is 0 Å². The number of non-ortho nitro benzene ring substituents is 2. The molecule has 0 spiro atoms. The van der Waals surface area contributed by atoms with Crippen LogP contribution in [0.1, 0.15) is 55.2 Å². The van der Waals surface area contributed by atoms with Gasteiger partial charge in [-0.25, -0.2) is 0 Å². The molecule has 0 aliphatic rings. The predicted molar refractivity (Wildman–Crippen MR) is 115 cm³/mol. The zero-order chi connectivity index (χ0) is 24.5. The highest BCUT2D eigenvalue weighted by atomic mass is 16.6. The summed E-state index contributed by atoms with van der Waals surface area (Å²) < 4.78 is 5.31. The quantitative estimate of drug-likeness (QED) is 0.203.